The molecular weight excluding hydrogens is 243 g/mol. The van der Waals surface area contributed by atoms with E-state index in [4.69, 9.17) is 10.5 Å². The van der Waals surface area contributed by atoms with Crippen LogP contribution in [0.25, 0.3) is 0 Å². The molecule has 2 rings (SSSR count). The van der Waals surface area contributed by atoms with E-state index in [9.17, 15) is 13.2 Å². The summed E-state index contributed by atoms with van der Waals surface area (Å²) in [6, 6.07) is 4.59. The summed E-state index contributed by atoms with van der Waals surface area (Å²) in [4.78, 5) is 0. The lowest BCUT2D eigenvalue weighted by Crippen LogP contribution is -2.18. The number of rotatable bonds is 5. The van der Waals surface area contributed by atoms with Gasteiger partial charge in [-0.25, -0.2) is 0 Å². The molecule has 1 aliphatic carbocycles. The van der Waals surface area contributed by atoms with Gasteiger partial charge in [0.1, 0.15) is 0 Å². The summed E-state index contributed by atoms with van der Waals surface area (Å²) in [6.45, 7) is 0.921. The van der Waals surface area contributed by atoms with Crippen LogP contribution in [0, 0.1) is 5.92 Å². The normalized spacial score (nSPS) is 17.8. The molecule has 2 N–H and O–H groups in total. The van der Waals surface area contributed by atoms with Crippen molar-refractivity contribution in [3.63, 3.8) is 0 Å². The third kappa shape index (κ3) is 3.71. The molecule has 0 heterocycles. The lowest BCUT2D eigenvalue weighted by atomic mass is 10.0. The quantitative estimate of drug-likeness (QED) is 0.881. The van der Waals surface area contributed by atoms with Gasteiger partial charge in [0, 0.05) is 6.61 Å². The molecule has 1 aromatic carbocycles. The molecule has 0 aromatic heterocycles. The third-order valence-electron chi connectivity index (χ3n) is 2.99. The van der Waals surface area contributed by atoms with Crippen molar-refractivity contribution in [2.45, 2.75) is 25.1 Å². The molecule has 1 aromatic rings. The second-order valence-electron chi connectivity index (χ2n) is 4.71. The van der Waals surface area contributed by atoms with E-state index in [-0.39, 0.29) is 6.61 Å². The summed E-state index contributed by atoms with van der Waals surface area (Å²) in [5.74, 6) is 0.624. The fourth-order valence-electron chi connectivity index (χ4n) is 1.69. The second-order valence-corrected chi connectivity index (χ2v) is 4.71. The zero-order valence-corrected chi connectivity index (χ0v) is 9.91. The van der Waals surface area contributed by atoms with Crippen molar-refractivity contribution < 1.29 is 17.9 Å². The van der Waals surface area contributed by atoms with Gasteiger partial charge in [0.25, 0.3) is 0 Å². The average molecular weight is 259 g/mol. The van der Waals surface area contributed by atoms with Crippen LogP contribution in [0.3, 0.4) is 0 Å². The first-order chi connectivity index (χ1) is 8.47. The molecule has 1 saturated carbocycles. The van der Waals surface area contributed by atoms with Crippen LogP contribution in [0.1, 0.15) is 30.0 Å². The lowest BCUT2D eigenvalue weighted by molar-refractivity contribution is -0.137. The fourth-order valence-corrected chi connectivity index (χ4v) is 1.69. The second kappa shape index (κ2) is 5.28. The predicted molar refractivity (Wildman–Crippen MR) is 61.9 cm³/mol. The maximum atomic E-state index is 12.5. The maximum Gasteiger partial charge on any atom is 0.416 e. The van der Waals surface area contributed by atoms with Crippen molar-refractivity contribution in [2.24, 2.45) is 11.7 Å². The van der Waals surface area contributed by atoms with Crippen LogP contribution in [0.15, 0.2) is 24.3 Å². The Hall–Kier alpha value is -1.07. The van der Waals surface area contributed by atoms with Gasteiger partial charge in [0.2, 0.25) is 0 Å². The van der Waals surface area contributed by atoms with Crippen LogP contribution < -0.4 is 5.73 Å². The number of benzene rings is 1. The molecule has 18 heavy (non-hydrogen) atoms. The predicted octanol–water partition coefficient (Wildman–Crippen LogP) is 3.13. The van der Waals surface area contributed by atoms with Crippen LogP contribution in [-0.2, 0) is 10.9 Å². The van der Waals surface area contributed by atoms with E-state index in [0.29, 0.717) is 18.1 Å². The van der Waals surface area contributed by atoms with E-state index in [1.54, 1.807) is 6.07 Å². The van der Waals surface area contributed by atoms with Gasteiger partial charge in [-0.1, -0.05) is 12.1 Å². The molecule has 100 valence electrons. The van der Waals surface area contributed by atoms with Gasteiger partial charge >= 0.3 is 6.18 Å². The molecule has 0 radical (unpaired) electrons. The number of halogens is 3. The van der Waals surface area contributed by atoms with Gasteiger partial charge in [-0.3, -0.25) is 0 Å². The molecule has 1 fully saturated rings. The van der Waals surface area contributed by atoms with E-state index in [2.05, 4.69) is 0 Å². The summed E-state index contributed by atoms with van der Waals surface area (Å²) >= 11 is 0. The maximum absolute atomic E-state index is 12.5. The Morgan fingerprint density at radius 2 is 2.06 bits per heavy atom. The molecule has 0 saturated heterocycles. The minimum Gasteiger partial charge on any atom is -0.379 e. The van der Waals surface area contributed by atoms with E-state index in [1.807, 2.05) is 0 Å². The molecule has 0 aliphatic heterocycles. The van der Waals surface area contributed by atoms with E-state index >= 15 is 0 Å². The molecule has 0 amide bonds. The lowest BCUT2D eigenvalue weighted by Gasteiger charge is -2.14. The Labute approximate surface area is 104 Å². The molecule has 1 atom stereocenters. The topological polar surface area (TPSA) is 35.2 Å². The van der Waals surface area contributed by atoms with Gasteiger partial charge in [-0.15, -0.1) is 0 Å². The van der Waals surface area contributed by atoms with Crippen LogP contribution in [-0.4, -0.2) is 13.2 Å². The number of hydrogen-bond acceptors (Lipinski definition) is 2. The zero-order chi connectivity index (χ0) is 13.2. The monoisotopic (exact) mass is 259 g/mol. The Morgan fingerprint density at radius 3 is 2.67 bits per heavy atom. The van der Waals surface area contributed by atoms with E-state index in [1.165, 1.54) is 18.9 Å². The fraction of sp³-hybridized carbons (Fsp3) is 0.538. The number of hydrogen-bond donors (Lipinski definition) is 1. The smallest absolute Gasteiger partial charge is 0.379 e. The summed E-state index contributed by atoms with van der Waals surface area (Å²) in [6.07, 6.45) is -1.97. The van der Waals surface area contributed by atoms with Crippen molar-refractivity contribution in [3.8, 4) is 0 Å². The molecule has 0 bridgehead atoms. The Kier molecular flexibility index (Phi) is 3.92. The summed E-state index contributed by atoms with van der Waals surface area (Å²) in [5, 5.41) is 0. The van der Waals surface area contributed by atoms with Crippen molar-refractivity contribution in [1.29, 1.82) is 0 Å². The van der Waals surface area contributed by atoms with Crippen LogP contribution in [0.2, 0.25) is 0 Å². The van der Waals surface area contributed by atoms with Crippen molar-refractivity contribution in [2.75, 3.05) is 13.2 Å². The average Bonchev–Trinajstić information content (AvgIpc) is 3.12. The number of ether oxygens (including phenoxy) is 1. The summed E-state index contributed by atoms with van der Waals surface area (Å²) < 4.78 is 43.0. The summed E-state index contributed by atoms with van der Waals surface area (Å²) in [5.41, 5.74) is 5.61. The van der Waals surface area contributed by atoms with E-state index in [0.717, 1.165) is 12.1 Å². The highest BCUT2D eigenvalue weighted by Gasteiger charge is 2.30. The first kappa shape index (κ1) is 13.4. The highest BCUT2D eigenvalue weighted by atomic mass is 19.4. The minimum atomic E-state index is -4.33. The van der Waals surface area contributed by atoms with E-state index < -0.39 is 17.8 Å². The number of nitrogens with two attached hydrogens (primary N) is 1. The van der Waals surface area contributed by atoms with Gasteiger partial charge in [-0.05, 0) is 36.5 Å². The Balaban J connectivity index is 1.93. The molecule has 1 unspecified atom stereocenters. The standard InChI is InChI=1S/C13H16F3NO/c14-13(15,16)11-3-1-2-10(6-11)12(17)8-18-7-9-4-5-9/h1-3,6,9,12H,4-5,7-8,17H2. The molecular formula is C13H16F3NO. The Bertz CT molecular complexity index is 401. The molecule has 0 spiro atoms. The van der Waals surface area contributed by atoms with Crippen LogP contribution in [0.4, 0.5) is 13.2 Å². The first-order valence-corrected chi connectivity index (χ1v) is 5.97. The Morgan fingerprint density at radius 1 is 1.33 bits per heavy atom. The minimum absolute atomic E-state index is 0.262. The third-order valence-corrected chi connectivity index (χ3v) is 2.99. The summed E-state index contributed by atoms with van der Waals surface area (Å²) in [7, 11) is 0. The highest BCUT2D eigenvalue weighted by Crippen LogP contribution is 2.31. The van der Waals surface area contributed by atoms with Crippen molar-refractivity contribution >= 4 is 0 Å². The van der Waals surface area contributed by atoms with Gasteiger partial charge in [0.05, 0.1) is 18.2 Å². The SMILES string of the molecule is NC(COCC1CC1)c1cccc(C(F)(F)F)c1. The van der Waals surface area contributed by atoms with Gasteiger partial charge in [0.15, 0.2) is 0 Å². The van der Waals surface area contributed by atoms with Crippen LogP contribution >= 0.6 is 0 Å². The molecule has 1 aliphatic rings. The first-order valence-electron chi connectivity index (χ1n) is 5.97. The van der Waals surface area contributed by atoms with Gasteiger partial charge in [-0.2, -0.15) is 13.2 Å². The molecule has 5 heteroatoms. The largest absolute Gasteiger partial charge is 0.416 e. The number of alkyl halides is 3. The van der Waals surface area contributed by atoms with Crippen molar-refractivity contribution in [1.82, 2.24) is 0 Å². The van der Waals surface area contributed by atoms with Crippen molar-refractivity contribution in [3.05, 3.63) is 35.4 Å². The van der Waals surface area contributed by atoms with Crippen LogP contribution in [0.5, 0.6) is 0 Å². The molecule has 2 nitrogen and oxygen atoms in total. The zero-order valence-electron chi connectivity index (χ0n) is 9.91. The highest BCUT2D eigenvalue weighted by molar-refractivity contribution is 5.27. The van der Waals surface area contributed by atoms with Gasteiger partial charge < -0.3 is 10.5 Å².